The lowest BCUT2D eigenvalue weighted by Gasteiger charge is -2.19. The minimum Gasteiger partial charge on any atom is -0.474 e. The molecule has 1 amide bonds. The van der Waals surface area contributed by atoms with Crippen molar-refractivity contribution in [2.45, 2.75) is 33.3 Å². The maximum Gasteiger partial charge on any atom is 0.258 e. The third-order valence-electron chi connectivity index (χ3n) is 2.28. The third kappa shape index (κ3) is 1.98. The van der Waals surface area contributed by atoms with Crippen LogP contribution in [0, 0.1) is 6.92 Å². The number of hydrogen-bond acceptors (Lipinski definition) is 4. The molecule has 0 bridgehead atoms. The van der Waals surface area contributed by atoms with Gasteiger partial charge in [0.1, 0.15) is 11.4 Å². The van der Waals surface area contributed by atoms with E-state index in [0.717, 1.165) is 12.1 Å². The number of nitrogens with zero attached hydrogens (tertiary/aromatic N) is 2. The predicted octanol–water partition coefficient (Wildman–Crippen LogP) is 0.858. The van der Waals surface area contributed by atoms with E-state index >= 15 is 0 Å². The molecule has 0 fully saturated rings. The van der Waals surface area contributed by atoms with E-state index in [1.807, 2.05) is 13.8 Å². The van der Waals surface area contributed by atoms with Crippen LogP contribution in [-0.4, -0.2) is 28.5 Å². The van der Waals surface area contributed by atoms with Gasteiger partial charge in [-0.3, -0.25) is 4.79 Å². The van der Waals surface area contributed by atoms with Gasteiger partial charge in [0.15, 0.2) is 0 Å². The quantitative estimate of drug-likeness (QED) is 0.804. The molecule has 0 atom stereocenters. The zero-order valence-electron chi connectivity index (χ0n) is 9.70. The zero-order valence-corrected chi connectivity index (χ0v) is 9.70. The van der Waals surface area contributed by atoms with Crippen LogP contribution in [-0.2, 0) is 6.42 Å². The molecule has 1 N–H and O–H groups in total. The maximum absolute atomic E-state index is 11.7. The molecule has 1 aromatic rings. The monoisotopic (exact) mass is 221 g/mol. The Balaban J connectivity index is 2.50. The van der Waals surface area contributed by atoms with E-state index in [2.05, 4.69) is 15.3 Å². The van der Waals surface area contributed by atoms with Crippen LogP contribution in [0.25, 0.3) is 0 Å². The number of aryl methyl sites for hydroxylation is 1. The Hall–Kier alpha value is -1.65. The van der Waals surface area contributed by atoms with Gasteiger partial charge in [-0.2, -0.15) is 4.98 Å². The Bertz CT molecular complexity index is 429. The fourth-order valence-electron chi connectivity index (χ4n) is 1.70. The Morgan fingerprint density at radius 3 is 2.81 bits per heavy atom. The van der Waals surface area contributed by atoms with Gasteiger partial charge >= 0.3 is 0 Å². The van der Waals surface area contributed by atoms with Crippen LogP contribution in [0.5, 0.6) is 5.88 Å². The predicted molar refractivity (Wildman–Crippen MR) is 58.6 cm³/mol. The van der Waals surface area contributed by atoms with E-state index in [0.29, 0.717) is 23.8 Å². The summed E-state index contributed by atoms with van der Waals surface area (Å²) in [5.41, 5.74) is 1.28. The summed E-state index contributed by atoms with van der Waals surface area (Å²) >= 11 is 0. The van der Waals surface area contributed by atoms with Crippen molar-refractivity contribution in [1.29, 1.82) is 0 Å². The molecule has 2 heterocycles. The van der Waals surface area contributed by atoms with Crippen molar-refractivity contribution in [1.82, 2.24) is 15.3 Å². The summed E-state index contributed by atoms with van der Waals surface area (Å²) < 4.78 is 5.55. The number of nitrogens with one attached hydrogen (secondary N) is 1. The number of hydrogen-bond donors (Lipinski definition) is 1. The highest BCUT2D eigenvalue weighted by molar-refractivity contribution is 5.98. The summed E-state index contributed by atoms with van der Waals surface area (Å²) in [7, 11) is 0. The molecule has 1 aromatic heterocycles. The van der Waals surface area contributed by atoms with Crippen LogP contribution in [0.1, 0.15) is 35.7 Å². The molecule has 86 valence electrons. The lowest BCUT2D eigenvalue weighted by molar-refractivity contribution is 0.0936. The molecule has 0 aromatic carbocycles. The van der Waals surface area contributed by atoms with E-state index in [9.17, 15) is 4.79 Å². The molecule has 0 aliphatic carbocycles. The van der Waals surface area contributed by atoms with Crippen molar-refractivity contribution >= 4 is 5.91 Å². The van der Waals surface area contributed by atoms with Crippen molar-refractivity contribution < 1.29 is 9.53 Å². The summed E-state index contributed by atoms with van der Waals surface area (Å²) in [4.78, 5) is 20.2. The van der Waals surface area contributed by atoms with Crippen LogP contribution in [0.2, 0.25) is 0 Å². The van der Waals surface area contributed by atoms with Gasteiger partial charge in [-0.05, 0) is 20.8 Å². The van der Waals surface area contributed by atoms with E-state index < -0.39 is 0 Å². The highest BCUT2D eigenvalue weighted by atomic mass is 16.5. The second-order valence-corrected chi connectivity index (χ2v) is 4.07. The first-order chi connectivity index (χ1) is 7.58. The fraction of sp³-hybridized carbons (Fsp3) is 0.545. The highest BCUT2D eigenvalue weighted by Gasteiger charge is 2.25. The highest BCUT2D eigenvalue weighted by Crippen LogP contribution is 2.22. The van der Waals surface area contributed by atoms with Gasteiger partial charge in [-0.1, -0.05) is 0 Å². The second-order valence-electron chi connectivity index (χ2n) is 4.07. The van der Waals surface area contributed by atoms with Crippen LogP contribution in [0.4, 0.5) is 0 Å². The van der Waals surface area contributed by atoms with Gasteiger partial charge in [0.05, 0.1) is 11.8 Å². The largest absolute Gasteiger partial charge is 0.474 e. The molecule has 16 heavy (non-hydrogen) atoms. The van der Waals surface area contributed by atoms with Gasteiger partial charge in [-0.15, -0.1) is 0 Å². The molecule has 1 aliphatic rings. The van der Waals surface area contributed by atoms with Crippen LogP contribution < -0.4 is 10.1 Å². The molecule has 5 heteroatoms. The lowest BCUT2D eigenvalue weighted by Crippen LogP contribution is -2.34. The van der Waals surface area contributed by atoms with Crippen LogP contribution in [0.15, 0.2) is 0 Å². The van der Waals surface area contributed by atoms with Crippen molar-refractivity contribution in [3.05, 3.63) is 17.1 Å². The van der Waals surface area contributed by atoms with Gasteiger partial charge in [0, 0.05) is 13.0 Å². The van der Waals surface area contributed by atoms with Gasteiger partial charge in [0.25, 0.3) is 5.91 Å². The van der Waals surface area contributed by atoms with Gasteiger partial charge in [0.2, 0.25) is 5.88 Å². The molecule has 0 saturated carbocycles. The maximum atomic E-state index is 11.7. The third-order valence-corrected chi connectivity index (χ3v) is 2.28. The smallest absolute Gasteiger partial charge is 0.258 e. The molecule has 5 nitrogen and oxygen atoms in total. The average Bonchev–Trinajstić information content (AvgIpc) is 2.15. The van der Waals surface area contributed by atoms with E-state index in [-0.39, 0.29) is 12.0 Å². The van der Waals surface area contributed by atoms with E-state index in [1.54, 1.807) is 6.92 Å². The van der Waals surface area contributed by atoms with Gasteiger partial charge in [-0.25, -0.2) is 4.98 Å². The minimum atomic E-state index is -0.142. The van der Waals surface area contributed by atoms with Crippen molar-refractivity contribution in [3.8, 4) is 5.88 Å². The van der Waals surface area contributed by atoms with Crippen molar-refractivity contribution in [3.63, 3.8) is 0 Å². The second kappa shape index (κ2) is 4.08. The minimum absolute atomic E-state index is 0.00636. The number of fused-ring (bicyclic) bond motifs is 1. The van der Waals surface area contributed by atoms with Crippen molar-refractivity contribution in [2.24, 2.45) is 0 Å². The number of ether oxygens (including phenoxy) is 1. The molecule has 1 aliphatic heterocycles. The SMILES string of the molecule is Cc1nc2c(c(OC(C)C)n1)C(=O)NCC2. The Morgan fingerprint density at radius 2 is 2.12 bits per heavy atom. The number of aromatic nitrogens is 2. The zero-order chi connectivity index (χ0) is 11.7. The number of carbonyl (C=O) groups excluding carboxylic acids is 1. The molecule has 0 unspecified atom stereocenters. The lowest BCUT2D eigenvalue weighted by atomic mass is 10.1. The Morgan fingerprint density at radius 1 is 1.38 bits per heavy atom. The fourth-order valence-corrected chi connectivity index (χ4v) is 1.70. The first kappa shape index (κ1) is 10.9. The first-order valence-corrected chi connectivity index (χ1v) is 5.40. The first-order valence-electron chi connectivity index (χ1n) is 5.40. The normalized spacial score (nSPS) is 14.6. The Labute approximate surface area is 94.2 Å². The molecule has 2 rings (SSSR count). The number of rotatable bonds is 2. The summed E-state index contributed by atoms with van der Waals surface area (Å²) in [6.07, 6.45) is 0.729. The molecule has 0 saturated heterocycles. The molecule has 0 spiro atoms. The van der Waals surface area contributed by atoms with E-state index in [4.69, 9.17) is 4.74 Å². The van der Waals surface area contributed by atoms with E-state index in [1.165, 1.54) is 0 Å². The Kier molecular flexibility index (Phi) is 2.77. The van der Waals surface area contributed by atoms with Crippen LogP contribution in [0.3, 0.4) is 0 Å². The number of carbonyl (C=O) groups is 1. The average molecular weight is 221 g/mol. The van der Waals surface area contributed by atoms with Crippen molar-refractivity contribution in [2.75, 3.05) is 6.54 Å². The standard InChI is InChI=1S/C11H15N3O2/c1-6(2)16-11-9-8(13-7(3)14-11)4-5-12-10(9)15/h6H,4-5H2,1-3H3,(H,12,15). The summed E-state index contributed by atoms with van der Waals surface area (Å²) in [6.45, 7) is 6.25. The topological polar surface area (TPSA) is 64.1 Å². The summed E-state index contributed by atoms with van der Waals surface area (Å²) in [6, 6.07) is 0. The summed E-state index contributed by atoms with van der Waals surface area (Å²) in [5, 5.41) is 2.77. The molecular formula is C11H15N3O2. The molecular weight excluding hydrogens is 206 g/mol. The van der Waals surface area contributed by atoms with Gasteiger partial charge < -0.3 is 10.1 Å². The summed E-state index contributed by atoms with van der Waals surface area (Å²) in [5.74, 6) is 0.899. The van der Waals surface area contributed by atoms with Crippen LogP contribution >= 0.6 is 0 Å². The number of amides is 1. The molecule has 0 radical (unpaired) electrons.